The van der Waals surface area contributed by atoms with Crippen LogP contribution in [-0.2, 0) is 9.53 Å². The van der Waals surface area contributed by atoms with E-state index in [9.17, 15) is 9.18 Å². The normalized spacial score (nSPS) is 13.7. The van der Waals surface area contributed by atoms with Crippen LogP contribution in [-0.4, -0.2) is 23.6 Å². The summed E-state index contributed by atoms with van der Waals surface area (Å²) in [5, 5.41) is -0.0163. The summed E-state index contributed by atoms with van der Waals surface area (Å²) in [5.74, 6) is -0.755. The zero-order valence-corrected chi connectivity index (χ0v) is 17.5. The minimum Gasteiger partial charge on any atom is -0.463 e. The van der Waals surface area contributed by atoms with Crippen LogP contribution >= 0.6 is 15.9 Å². The fourth-order valence-corrected chi connectivity index (χ4v) is 2.90. The molecule has 0 aliphatic rings. The maximum atomic E-state index is 13.6. The molecule has 144 valence electrons. The molecule has 0 saturated carbocycles. The average Bonchev–Trinajstić information content (AvgIpc) is 2.58. The molecule has 0 aromatic carbocycles. The molecule has 0 saturated heterocycles. The molecule has 0 heterocycles. The van der Waals surface area contributed by atoms with Gasteiger partial charge >= 0.3 is 5.97 Å². The lowest BCUT2D eigenvalue weighted by molar-refractivity contribution is -0.155. The lowest BCUT2D eigenvalue weighted by Crippen LogP contribution is -2.34. The number of hydrogen-bond acceptors (Lipinski definition) is 2. The minimum atomic E-state index is -1.91. The number of rotatable bonds is 17. The van der Waals surface area contributed by atoms with Crippen LogP contribution in [0.15, 0.2) is 0 Å². The number of carbonyl (C=O) groups excluding carboxylic acids is 1. The standard InChI is InChI=1S/C20H38BrFO2/c1-3-4-5-6-7-8-9-10-11-12-13-14-15-16-17-24-19(23)20(2,22)18-21/h3-18H2,1-2H3. The van der Waals surface area contributed by atoms with E-state index >= 15 is 0 Å². The molecule has 0 rings (SSSR count). The van der Waals surface area contributed by atoms with Crippen LogP contribution in [0.2, 0.25) is 0 Å². The molecule has 2 nitrogen and oxygen atoms in total. The van der Waals surface area contributed by atoms with E-state index in [0.29, 0.717) is 6.61 Å². The van der Waals surface area contributed by atoms with Gasteiger partial charge in [0.25, 0.3) is 0 Å². The Morgan fingerprint density at radius 1 is 0.833 bits per heavy atom. The fourth-order valence-electron chi connectivity index (χ4n) is 2.67. The number of carbonyl (C=O) groups is 1. The number of alkyl halides is 2. The zero-order valence-electron chi connectivity index (χ0n) is 15.9. The maximum absolute atomic E-state index is 13.6. The van der Waals surface area contributed by atoms with Crippen LogP contribution in [0, 0.1) is 0 Å². The predicted octanol–water partition coefficient (Wildman–Crippen LogP) is 7.13. The Kier molecular flexibility index (Phi) is 16.3. The largest absolute Gasteiger partial charge is 0.463 e. The summed E-state index contributed by atoms with van der Waals surface area (Å²) < 4.78 is 18.5. The van der Waals surface area contributed by atoms with Crippen molar-refractivity contribution in [2.75, 3.05) is 11.9 Å². The Hall–Kier alpha value is -0.120. The van der Waals surface area contributed by atoms with E-state index in [2.05, 4.69) is 22.9 Å². The highest BCUT2D eigenvalue weighted by Crippen LogP contribution is 2.16. The first-order chi connectivity index (χ1) is 11.5. The lowest BCUT2D eigenvalue weighted by atomic mass is 10.0. The highest BCUT2D eigenvalue weighted by molar-refractivity contribution is 9.09. The second-order valence-electron chi connectivity index (χ2n) is 7.06. The number of unbranched alkanes of at least 4 members (excludes halogenated alkanes) is 13. The number of hydrogen-bond donors (Lipinski definition) is 0. The summed E-state index contributed by atoms with van der Waals surface area (Å²) in [4.78, 5) is 11.4. The molecule has 1 unspecified atom stereocenters. The van der Waals surface area contributed by atoms with Crippen molar-refractivity contribution < 1.29 is 13.9 Å². The first-order valence-corrected chi connectivity index (χ1v) is 11.1. The van der Waals surface area contributed by atoms with E-state index in [1.54, 1.807) is 0 Å². The predicted molar refractivity (Wildman–Crippen MR) is 105 cm³/mol. The van der Waals surface area contributed by atoms with E-state index in [1.165, 1.54) is 84.0 Å². The molecular weight excluding hydrogens is 371 g/mol. The van der Waals surface area contributed by atoms with Crippen molar-refractivity contribution >= 4 is 21.9 Å². The third-order valence-corrected chi connectivity index (χ3v) is 5.46. The molecule has 0 aliphatic carbocycles. The van der Waals surface area contributed by atoms with E-state index in [4.69, 9.17) is 4.74 Å². The van der Waals surface area contributed by atoms with Gasteiger partial charge in [0.2, 0.25) is 5.67 Å². The first kappa shape index (κ1) is 23.9. The van der Waals surface area contributed by atoms with Gasteiger partial charge in [-0.15, -0.1) is 0 Å². The smallest absolute Gasteiger partial charge is 0.344 e. The molecule has 0 amide bonds. The molecule has 0 fully saturated rings. The Balaban J connectivity index is 3.19. The van der Waals surface area contributed by atoms with Crippen LogP contribution in [0.25, 0.3) is 0 Å². The maximum Gasteiger partial charge on any atom is 0.344 e. The summed E-state index contributed by atoms with van der Waals surface area (Å²) in [6.45, 7) is 3.84. The molecule has 0 N–H and O–H groups in total. The summed E-state index contributed by atoms with van der Waals surface area (Å²) in [5.41, 5.74) is -1.91. The number of esters is 1. The van der Waals surface area contributed by atoms with Crippen LogP contribution in [0.3, 0.4) is 0 Å². The van der Waals surface area contributed by atoms with Gasteiger partial charge in [-0.05, 0) is 13.3 Å². The van der Waals surface area contributed by atoms with E-state index < -0.39 is 11.6 Å². The van der Waals surface area contributed by atoms with Gasteiger partial charge in [-0.1, -0.05) is 106 Å². The minimum absolute atomic E-state index is 0.0163. The van der Waals surface area contributed by atoms with Gasteiger partial charge in [-0.2, -0.15) is 0 Å². The first-order valence-electron chi connectivity index (χ1n) is 9.96. The quantitative estimate of drug-likeness (QED) is 0.145. The molecule has 0 bridgehead atoms. The Labute approximate surface area is 157 Å². The Morgan fingerprint density at radius 2 is 1.21 bits per heavy atom. The van der Waals surface area contributed by atoms with Crippen molar-refractivity contribution in [1.29, 1.82) is 0 Å². The molecule has 0 aliphatic heterocycles. The van der Waals surface area contributed by atoms with Gasteiger partial charge in [0.05, 0.1) is 6.61 Å². The summed E-state index contributed by atoms with van der Waals surface area (Å²) in [7, 11) is 0. The SMILES string of the molecule is CCCCCCCCCCCCCCCCOC(=O)C(C)(F)CBr. The molecule has 0 aromatic heterocycles. The third-order valence-electron chi connectivity index (χ3n) is 4.41. The van der Waals surface area contributed by atoms with Crippen LogP contribution in [0.5, 0.6) is 0 Å². The van der Waals surface area contributed by atoms with Gasteiger partial charge in [0.15, 0.2) is 0 Å². The molecule has 0 radical (unpaired) electrons. The number of halogens is 2. The topological polar surface area (TPSA) is 26.3 Å². The monoisotopic (exact) mass is 408 g/mol. The lowest BCUT2D eigenvalue weighted by Gasteiger charge is -2.15. The van der Waals surface area contributed by atoms with Crippen LogP contribution < -0.4 is 0 Å². The van der Waals surface area contributed by atoms with Gasteiger partial charge in [0, 0.05) is 5.33 Å². The van der Waals surface area contributed by atoms with E-state index in [0.717, 1.165) is 12.8 Å². The van der Waals surface area contributed by atoms with Crippen molar-refractivity contribution in [3.05, 3.63) is 0 Å². The van der Waals surface area contributed by atoms with Gasteiger partial charge < -0.3 is 4.74 Å². The molecule has 0 aromatic rings. The van der Waals surface area contributed by atoms with E-state index in [-0.39, 0.29) is 5.33 Å². The third kappa shape index (κ3) is 14.2. The van der Waals surface area contributed by atoms with Gasteiger partial charge in [0.1, 0.15) is 0 Å². The molecular formula is C20H38BrFO2. The second kappa shape index (κ2) is 16.4. The number of ether oxygens (including phenoxy) is 1. The highest BCUT2D eigenvalue weighted by atomic mass is 79.9. The van der Waals surface area contributed by atoms with Crippen molar-refractivity contribution in [1.82, 2.24) is 0 Å². The van der Waals surface area contributed by atoms with E-state index in [1.807, 2.05) is 0 Å². The molecule has 24 heavy (non-hydrogen) atoms. The summed E-state index contributed by atoms with van der Waals surface area (Å²) in [6, 6.07) is 0. The van der Waals surface area contributed by atoms with Gasteiger partial charge in [-0.25, -0.2) is 9.18 Å². The molecule has 1 atom stereocenters. The van der Waals surface area contributed by atoms with Gasteiger partial charge in [-0.3, -0.25) is 0 Å². The summed E-state index contributed by atoms with van der Waals surface area (Å²) in [6.07, 6.45) is 18.1. The van der Waals surface area contributed by atoms with Crippen LogP contribution in [0.1, 0.15) is 104 Å². The zero-order chi connectivity index (χ0) is 18.1. The fraction of sp³-hybridized carbons (Fsp3) is 0.950. The summed E-state index contributed by atoms with van der Waals surface area (Å²) >= 11 is 2.98. The molecule has 0 spiro atoms. The Bertz CT molecular complexity index is 295. The second-order valence-corrected chi connectivity index (χ2v) is 7.62. The van der Waals surface area contributed by atoms with Crippen molar-refractivity contribution in [2.45, 2.75) is 109 Å². The van der Waals surface area contributed by atoms with Crippen molar-refractivity contribution in [3.63, 3.8) is 0 Å². The van der Waals surface area contributed by atoms with Crippen molar-refractivity contribution in [3.8, 4) is 0 Å². The average molecular weight is 409 g/mol. The molecule has 4 heteroatoms. The Morgan fingerprint density at radius 3 is 1.58 bits per heavy atom. The van der Waals surface area contributed by atoms with Crippen LogP contribution in [0.4, 0.5) is 4.39 Å². The van der Waals surface area contributed by atoms with Crippen molar-refractivity contribution in [2.24, 2.45) is 0 Å². The highest BCUT2D eigenvalue weighted by Gasteiger charge is 2.33.